The summed E-state index contributed by atoms with van der Waals surface area (Å²) in [5.41, 5.74) is 2.19. The predicted octanol–water partition coefficient (Wildman–Crippen LogP) is 3.30. The van der Waals surface area contributed by atoms with Crippen molar-refractivity contribution >= 4 is 5.78 Å². The zero-order valence-corrected chi connectivity index (χ0v) is 11.9. The summed E-state index contributed by atoms with van der Waals surface area (Å²) in [6, 6.07) is 9.48. The lowest BCUT2D eigenvalue weighted by Crippen LogP contribution is -2.42. The van der Waals surface area contributed by atoms with E-state index in [1.807, 2.05) is 12.1 Å². The van der Waals surface area contributed by atoms with Crippen LogP contribution in [0.3, 0.4) is 0 Å². The number of ketones is 1. The van der Waals surface area contributed by atoms with Gasteiger partial charge in [0.2, 0.25) is 0 Å². The molecule has 0 saturated carbocycles. The van der Waals surface area contributed by atoms with Gasteiger partial charge in [0.15, 0.2) is 5.78 Å². The molecule has 2 heterocycles. The molecule has 2 nitrogen and oxygen atoms in total. The number of rotatable bonds is 3. The number of hydrogen-bond acceptors (Lipinski definition) is 2. The van der Waals surface area contributed by atoms with Gasteiger partial charge in [-0.05, 0) is 50.8 Å². The molecule has 2 atom stereocenters. The van der Waals surface area contributed by atoms with Crippen LogP contribution in [0.2, 0.25) is 0 Å². The first-order chi connectivity index (χ1) is 9.19. The van der Waals surface area contributed by atoms with E-state index in [0.29, 0.717) is 17.9 Å². The number of Topliss-reactive ketones (excluding diaryl/α,β-unsaturated/α-hetero) is 1. The fourth-order valence-corrected chi connectivity index (χ4v) is 3.81. The van der Waals surface area contributed by atoms with Crippen molar-refractivity contribution in [1.29, 1.82) is 0 Å². The fourth-order valence-electron chi connectivity index (χ4n) is 3.81. The second-order valence-corrected chi connectivity index (χ2v) is 6.14. The lowest BCUT2D eigenvalue weighted by molar-refractivity contribution is 0.0767. The Balaban J connectivity index is 1.77. The topological polar surface area (TPSA) is 20.3 Å². The molecule has 0 aliphatic carbocycles. The quantitative estimate of drug-likeness (QED) is 0.774. The van der Waals surface area contributed by atoms with Gasteiger partial charge in [0.25, 0.3) is 0 Å². The highest BCUT2D eigenvalue weighted by atomic mass is 16.1. The van der Waals surface area contributed by atoms with Crippen molar-refractivity contribution in [2.45, 2.75) is 51.1 Å². The molecular formula is C17H23NO. The van der Waals surface area contributed by atoms with E-state index in [-0.39, 0.29) is 5.92 Å². The molecule has 2 fully saturated rings. The van der Waals surface area contributed by atoms with Gasteiger partial charge in [-0.15, -0.1) is 0 Å². The van der Waals surface area contributed by atoms with Crippen molar-refractivity contribution in [3.63, 3.8) is 0 Å². The van der Waals surface area contributed by atoms with Crippen molar-refractivity contribution in [3.8, 4) is 0 Å². The number of hydrogen-bond donors (Lipinski definition) is 0. The summed E-state index contributed by atoms with van der Waals surface area (Å²) in [5, 5.41) is 0. The molecule has 0 radical (unpaired) electrons. The molecule has 2 aliphatic heterocycles. The zero-order valence-electron chi connectivity index (χ0n) is 11.9. The summed E-state index contributed by atoms with van der Waals surface area (Å²) in [6.45, 7) is 2.14. The van der Waals surface area contributed by atoms with Crippen LogP contribution in [0.25, 0.3) is 0 Å². The standard InChI is InChI=1S/C17H23NO/c1-3-12-5-4-6-13(9-12)17(19)14-10-15-7-8-16(11-14)18(15)2/h4-6,9,14-16H,3,7-8,10-11H2,1-2H3. The molecule has 0 N–H and O–H groups in total. The normalized spacial score (nSPS) is 30.5. The first-order valence-electron chi connectivity index (χ1n) is 7.54. The van der Waals surface area contributed by atoms with Crippen LogP contribution in [-0.2, 0) is 6.42 Å². The molecule has 2 bridgehead atoms. The van der Waals surface area contributed by atoms with Crippen LogP contribution >= 0.6 is 0 Å². The number of carbonyl (C=O) groups excluding carboxylic acids is 1. The summed E-state index contributed by atoms with van der Waals surface area (Å²) in [7, 11) is 2.22. The van der Waals surface area contributed by atoms with Crippen molar-refractivity contribution in [3.05, 3.63) is 35.4 Å². The summed E-state index contributed by atoms with van der Waals surface area (Å²) < 4.78 is 0. The highest BCUT2D eigenvalue weighted by Crippen LogP contribution is 2.38. The van der Waals surface area contributed by atoms with Crippen molar-refractivity contribution in [1.82, 2.24) is 4.90 Å². The van der Waals surface area contributed by atoms with Crippen LogP contribution in [0, 0.1) is 5.92 Å². The van der Waals surface area contributed by atoms with E-state index in [9.17, 15) is 4.79 Å². The predicted molar refractivity (Wildman–Crippen MR) is 77.4 cm³/mol. The molecule has 102 valence electrons. The van der Waals surface area contributed by atoms with Crippen LogP contribution in [0.4, 0.5) is 0 Å². The monoisotopic (exact) mass is 257 g/mol. The van der Waals surface area contributed by atoms with E-state index < -0.39 is 0 Å². The first kappa shape index (κ1) is 12.9. The van der Waals surface area contributed by atoms with Gasteiger partial charge in [-0.2, -0.15) is 0 Å². The highest BCUT2D eigenvalue weighted by molar-refractivity contribution is 5.98. The Hall–Kier alpha value is -1.15. The van der Waals surface area contributed by atoms with Gasteiger partial charge in [-0.1, -0.05) is 25.1 Å². The number of fused-ring (bicyclic) bond motifs is 2. The van der Waals surface area contributed by atoms with Crippen LogP contribution in [-0.4, -0.2) is 29.8 Å². The second kappa shape index (κ2) is 5.09. The SMILES string of the molecule is CCc1cccc(C(=O)C2CC3CCC(C2)N3C)c1. The Labute approximate surface area is 115 Å². The highest BCUT2D eigenvalue weighted by Gasteiger charge is 2.40. The lowest BCUT2D eigenvalue weighted by Gasteiger charge is -2.35. The average Bonchev–Trinajstić information content (AvgIpc) is 2.68. The van der Waals surface area contributed by atoms with E-state index in [4.69, 9.17) is 0 Å². The molecule has 1 aromatic carbocycles. The number of piperidine rings is 1. The summed E-state index contributed by atoms with van der Waals surface area (Å²) >= 11 is 0. The average molecular weight is 257 g/mol. The van der Waals surface area contributed by atoms with E-state index in [1.165, 1.54) is 18.4 Å². The number of benzene rings is 1. The van der Waals surface area contributed by atoms with E-state index in [1.54, 1.807) is 0 Å². The van der Waals surface area contributed by atoms with Crippen LogP contribution < -0.4 is 0 Å². The minimum atomic E-state index is 0.251. The smallest absolute Gasteiger partial charge is 0.166 e. The van der Waals surface area contributed by atoms with Crippen LogP contribution in [0.5, 0.6) is 0 Å². The number of carbonyl (C=O) groups is 1. The minimum absolute atomic E-state index is 0.251. The van der Waals surface area contributed by atoms with Gasteiger partial charge in [-0.25, -0.2) is 0 Å². The Morgan fingerprint density at radius 1 is 1.26 bits per heavy atom. The number of nitrogens with zero attached hydrogens (tertiary/aromatic N) is 1. The van der Waals surface area contributed by atoms with Crippen molar-refractivity contribution in [2.75, 3.05) is 7.05 Å². The minimum Gasteiger partial charge on any atom is -0.300 e. The van der Waals surface area contributed by atoms with Gasteiger partial charge >= 0.3 is 0 Å². The van der Waals surface area contributed by atoms with Gasteiger partial charge in [0, 0.05) is 23.6 Å². The molecule has 19 heavy (non-hydrogen) atoms. The first-order valence-corrected chi connectivity index (χ1v) is 7.54. The van der Waals surface area contributed by atoms with Gasteiger partial charge in [0.1, 0.15) is 0 Å². The van der Waals surface area contributed by atoms with E-state index >= 15 is 0 Å². The summed E-state index contributed by atoms with van der Waals surface area (Å²) in [5.74, 6) is 0.626. The van der Waals surface area contributed by atoms with E-state index in [2.05, 4.69) is 31.0 Å². The third-order valence-electron chi connectivity index (χ3n) is 5.09. The third kappa shape index (κ3) is 2.34. The molecule has 2 saturated heterocycles. The second-order valence-electron chi connectivity index (χ2n) is 6.14. The molecule has 3 rings (SSSR count). The molecule has 1 aromatic rings. The fraction of sp³-hybridized carbons (Fsp3) is 0.588. The zero-order chi connectivity index (χ0) is 13.4. The molecule has 0 amide bonds. The molecule has 0 aromatic heterocycles. The maximum Gasteiger partial charge on any atom is 0.166 e. The maximum atomic E-state index is 12.7. The lowest BCUT2D eigenvalue weighted by atomic mass is 9.84. The van der Waals surface area contributed by atoms with Crippen molar-refractivity contribution in [2.24, 2.45) is 5.92 Å². The Bertz CT molecular complexity index is 468. The molecule has 2 unspecified atom stereocenters. The molecule has 0 spiro atoms. The largest absolute Gasteiger partial charge is 0.300 e. The Morgan fingerprint density at radius 2 is 1.95 bits per heavy atom. The third-order valence-corrected chi connectivity index (χ3v) is 5.09. The van der Waals surface area contributed by atoms with Crippen LogP contribution in [0.1, 0.15) is 48.5 Å². The van der Waals surface area contributed by atoms with Gasteiger partial charge in [0.05, 0.1) is 0 Å². The van der Waals surface area contributed by atoms with Gasteiger partial charge in [-0.3, -0.25) is 4.79 Å². The summed E-state index contributed by atoms with van der Waals surface area (Å²) in [6.07, 6.45) is 5.67. The summed E-state index contributed by atoms with van der Waals surface area (Å²) in [4.78, 5) is 15.2. The number of aryl methyl sites for hydroxylation is 1. The maximum absolute atomic E-state index is 12.7. The van der Waals surface area contributed by atoms with Gasteiger partial charge < -0.3 is 4.90 Å². The van der Waals surface area contributed by atoms with E-state index in [0.717, 1.165) is 24.8 Å². The van der Waals surface area contributed by atoms with Crippen LogP contribution in [0.15, 0.2) is 24.3 Å². The van der Waals surface area contributed by atoms with Crippen molar-refractivity contribution < 1.29 is 4.79 Å². The Morgan fingerprint density at radius 3 is 2.58 bits per heavy atom. The molecular weight excluding hydrogens is 234 g/mol. The Kier molecular flexibility index (Phi) is 3.44. The molecule has 2 aliphatic rings. The molecule has 2 heteroatoms.